The number of hydrogen-bond acceptors (Lipinski definition) is 4. The molecular formula is C12H24N4S. The molecule has 0 saturated heterocycles. The van der Waals surface area contributed by atoms with Crippen LogP contribution in [0.15, 0.2) is 0 Å². The normalized spacial score (nSPS) is 13.1. The van der Waals surface area contributed by atoms with Crippen LogP contribution >= 0.6 is 11.8 Å². The number of nitrogen functional groups attached to an aromatic ring is 1. The highest BCUT2D eigenvalue weighted by Crippen LogP contribution is 2.25. The molecule has 1 unspecified atom stereocenters. The van der Waals surface area contributed by atoms with Crippen LogP contribution in [0.5, 0.6) is 0 Å². The Hall–Kier alpha value is -0.840. The van der Waals surface area contributed by atoms with Crippen LogP contribution in [0.25, 0.3) is 0 Å². The smallest absolute Gasteiger partial charge is 0.148 e. The first-order chi connectivity index (χ1) is 7.97. The lowest BCUT2D eigenvalue weighted by atomic mass is 10.2. The Bertz CT molecular complexity index is 360. The highest BCUT2D eigenvalue weighted by molar-refractivity contribution is 7.98. The molecule has 4 nitrogen and oxygen atoms in total. The van der Waals surface area contributed by atoms with Crippen LogP contribution in [0.3, 0.4) is 0 Å². The molecule has 98 valence electrons. The lowest BCUT2D eigenvalue weighted by molar-refractivity contribution is 0.532. The van der Waals surface area contributed by atoms with E-state index in [0.717, 1.165) is 29.5 Å². The van der Waals surface area contributed by atoms with Crippen LogP contribution in [0.4, 0.5) is 11.5 Å². The summed E-state index contributed by atoms with van der Waals surface area (Å²) < 4.78 is 1.97. The zero-order chi connectivity index (χ0) is 13.0. The quantitative estimate of drug-likeness (QED) is 0.822. The van der Waals surface area contributed by atoms with Gasteiger partial charge in [-0.1, -0.05) is 6.92 Å². The van der Waals surface area contributed by atoms with E-state index in [1.165, 1.54) is 0 Å². The van der Waals surface area contributed by atoms with Crippen molar-refractivity contribution in [3.8, 4) is 0 Å². The number of hydrogen-bond donors (Lipinski definition) is 2. The van der Waals surface area contributed by atoms with Crippen LogP contribution in [-0.2, 0) is 0 Å². The molecule has 0 fully saturated rings. The van der Waals surface area contributed by atoms with E-state index in [0.29, 0.717) is 12.0 Å². The monoisotopic (exact) mass is 256 g/mol. The van der Waals surface area contributed by atoms with Crippen molar-refractivity contribution in [3.05, 3.63) is 5.69 Å². The summed E-state index contributed by atoms with van der Waals surface area (Å²) in [5.74, 6) is 2.74. The third-order valence-corrected chi connectivity index (χ3v) is 3.59. The molecule has 1 aromatic heterocycles. The molecule has 3 N–H and O–H groups in total. The third-order valence-electron chi connectivity index (χ3n) is 2.69. The van der Waals surface area contributed by atoms with Crippen molar-refractivity contribution in [2.45, 2.75) is 33.7 Å². The molecule has 0 aliphatic heterocycles. The molecule has 0 amide bonds. The standard InChI is InChI=1S/C12H24N4S/c1-8(2)16-12(11(13)10(4)15-16)14-6-9(3)7-17-5/h8-9,14H,6-7,13H2,1-5H3. The molecule has 0 saturated carbocycles. The molecular weight excluding hydrogens is 232 g/mol. The number of nitrogens with one attached hydrogen (secondary N) is 1. The average Bonchev–Trinajstić information content (AvgIpc) is 2.54. The average molecular weight is 256 g/mol. The lowest BCUT2D eigenvalue weighted by Gasteiger charge is -2.16. The zero-order valence-corrected chi connectivity index (χ0v) is 12.3. The summed E-state index contributed by atoms with van der Waals surface area (Å²) in [5.41, 5.74) is 7.73. The first-order valence-corrected chi connectivity index (χ1v) is 7.44. The van der Waals surface area contributed by atoms with Crippen molar-refractivity contribution in [3.63, 3.8) is 0 Å². The van der Waals surface area contributed by atoms with Gasteiger partial charge in [0, 0.05) is 12.6 Å². The Morgan fingerprint density at radius 2 is 2.06 bits per heavy atom. The van der Waals surface area contributed by atoms with Gasteiger partial charge in [0.2, 0.25) is 0 Å². The number of nitrogens with zero attached hydrogens (tertiary/aromatic N) is 2. The Labute approximate surface area is 108 Å². The summed E-state index contributed by atoms with van der Waals surface area (Å²) in [6.07, 6.45) is 2.13. The van der Waals surface area contributed by atoms with Gasteiger partial charge in [0.25, 0.3) is 0 Å². The molecule has 5 heteroatoms. The van der Waals surface area contributed by atoms with Crippen molar-refractivity contribution in [1.29, 1.82) is 0 Å². The summed E-state index contributed by atoms with van der Waals surface area (Å²) >= 11 is 1.87. The van der Waals surface area contributed by atoms with Gasteiger partial charge in [-0.25, -0.2) is 4.68 Å². The Morgan fingerprint density at radius 1 is 1.41 bits per heavy atom. The fourth-order valence-corrected chi connectivity index (χ4v) is 2.41. The molecule has 1 heterocycles. The summed E-state index contributed by atoms with van der Waals surface area (Å²) in [5, 5.41) is 7.89. The molecule has 0 spiro atoms. The molecule has 17 heavy (non-hydrogen) atoms. The van der Waals surface area contributed by atoms with Crippen LogP contribution in [0.1, 0.15) is 32.5 Å². The molecule has 0 aliphatic rings. The second kappa shape index (κ2) is 6.19. The molecule has 0 radical (unpaired) electrons. The topological polar surface area (TPSA) is 55.9 Å². The fourth-order valence-electron chi connectivity index (χ4n) is 1.72. The maximum Gasteiger partial charge on any atom is 0.148 e. The van der Waals surface area contributed by atoms with Crippen LogP contribution < -0.4 is 11.1 Å². The van der Waals surface area contributed by atoms with E-state index in [1.54, 1.807) is 0 Å². The Morgan fingerprint density at radius 3 is 2.59 bits per heavy atom. The van der Waals surface area contributed by atoms with E-state index < -0.39 is 0 Å². The van der Waals surface area contributed by atoms with Gasteiger partial charge in [0.15, 0.2) is 0 Å². The summed E-state index contributed by atoms with van der Waals surface area (Å²) in [6.45, 7) is 9.35. The van der Waals surface area contributed by atoms with Gasteiger partial charge in [-0.05, 0) is 38.7 Å². The first-order valence-electron chi connectivity index (χ1n) is 6.04. The molecule has 0 aliphatic carbocycles. The van der Waals surface area contributed by atoms with Crippen LogP contribution in [0.2, 0.25) is 0 Å². The minimum Gasteiger partial charge on any atom is -0.394 e. The number of anilines is 2. The SMILES string of the molecule is CSCC(C)CNc1c(N)c(C)nn1C(C)C. The van der Waals surface area contributed by atoms with E-state index in [4.69, 9.17) is 5.73 Å². The van der Waals surface area contributed by atoms with Crippen LogP contribution in [0, 0.1) is 12.8 Å². The number of rotatable bonds is 6. The Kier molecular flexibility index (Phi) is 5.18. The van der Waals surface area contributed by atoms with E-state index in [-0.39, 0.29) is 0 Å². The maximum absolute atomic E-state index is 6.05. The minimum atomic E-state index is 0.323. The molecule has 1 aromatic rings. The third kappa shape index (κ3) is 3.56. The number of thioether (sulfide) groups is 1. The molecule has 1 atom stereocenters. The van der Waals surface area contributed by atoms with Gasteiger partial charge in [-0.2, -0.15) is 16.9 Å². The van der Waals surface area contributed by atoms with Crippen molar-refractivity contribution >= 4 is 23.3 Å². The number of nitrogens with two attached hydrogens (primary N) is 1. The maximum atomic E-state index is 6.05. The second-order valence-electron chi connectivity index (χ2n) is 4.83. The molecule has 0 aromatic carbocycles. The number of aryl methyl sites for hydroxylation is 1. The first kappa shape index (κ1) is 14.2. The Balaban J connectivity index is 2.75. The van der Waals surface area contributed by atoms with Crippen molar-refractivity contribution < 1.29 is 0 Å². The lowest BCUT2D eigenvalue weighted by Crippen LogP contribution is -2.17. The predicted octanol–water partition coefficient (Wildman–Crippen LogP) is 2.77. The van der Waals surface area contributed by atoms with Crippen molar-refractivity contribution in [1.82, 2.24) is 9.78 Å². The van der Waals surface area contributed by atoms with Gasteiger partial charge in [-0.15, -0.1) is 0 Å². The largest absolute Gasteiger partial charge is 0.394 e. The van der Waals surface area contributed by atoms with E-state index in [9.17, 15) is 0 Å². The fraction of sp³-hybridized carbons (Fsp3) is 0.750. The van der Waals surface area contributed by atoms with Crippen molar-refractivity contribution in [2.24, 2.45) is 5.92 Å². The van der Waals surface area contributed by atoms with E-state index >= 15 is 0 Å². The summed E-state index contributed by atoms with van der Waals surface area (Å²) in [6, 6.07) is 0.323. The van der Waals surface area contributed by atoms with Gasteiger partial charge in [0.1, 0.15) is 5.82 Å². The molecule has 1 rings (SSSR count). The minimum absolute atomic E-state index is 0.323. The van der Waals surface area contributed by atoms with Gasteiger partial charge < -0.3 is 11.1 Å². The molecule has 0 bridgehead atoms. The van der Waals surface area contributed by atoms with Gasteiger partial charge in [-0.3, -0.25) is 0 Å². The number of aromatic nitrogens is 2. The van der Waals surface area contributed by atoms with Gasteiger partial charge in [0.05, 0.1) is 11.4 Å². The summed E-state index contributed by atoms with van der Waals surface area (Å²) in [4.78, 5) is 0. The van der Waals surface area contributed by atoms with E-state index in [1.807, 2.05) is 23.4 Å². The zero-order valence-electron chi connectivity index (χ0n) is 11.4. The summed E-state index contributed by atoms with van der Waals surface area (Å²) in [7, 11) is 0. The highest BCUT2D eigenvalue weighted by atomic mass is 32.2. The highest BCUT2D eigenvalue weighted by Gasteiger charge is 2.14. The van der Waals surface area contributed by atoms with E-state index in [2.05, 4.69) is 37.4 Å². The van der Waals surface area contributed by atoms with Gasteiger partial charge >= 0.3 is 0 Å². The predicted molar refractivity (Wildman–Crippen MR) is 77.8 cm³/mol. The second-order valence-corrected chi connectivity index (χ2v) is 5.74. The van der Waals surface area contributed by atoms with Crippen LogP contribution in [-0.4, -0.2) is 28.3 Å². The van der Waals surface area contributed by atoms with Crippen molar-refractivity contribution in [2.75, 3.05) is 29.6 Å².